The monoisotopic (exact) mass is 311 g/mol. The summed E-state index contributed by atoms with van der Waals surface area (Å²) in [6.07, 6.45) is 0.979. The first-order valence-electron chi connectivity index (χ1n) is 7.87. The quantitative estimate of drug-likeness (QED) is 0.610. The molecule has 0 aromatic heterocycles. The Labute approximate surface area is 138 Å². The van der Waals surface area contributed by atoms with Crippen LogP contribution in [0, 0.1) is 0 Å². The molecular weight excluding hydrogens is 286 g/mol. The molecule has 2 rings (SSSR count). The Kier molecular flexibility index (Phi) is 7.14. The van der Waals surface area contributed by atoms with Crippen LogP contribution in [0.25, 0.3) is 0 Å². The summed E-state index contributed by atoms with van der Waals surface area (Å²) in [6.45, 7) is 2.26. The van der Waals surface area contributed by atoms with E-state index in [4.69, 9.17) is 4.74 Å². The van der Waals surface area contributed by atoms with Gasteiger partial charge >= 0.3 is 0 Å². The molecule has 0 aliphatic rings. The third kappa shape index (κ3) is 6.12. The molecule has 0 aliphatic carbocycles. The minimum Gasteiger partial charge on any atom is -0.380 e. The molecule has 23 heavy (non-hydrogen) atoms. The second-order valence-corrected chi connectivity index (χ2v) is 5.34. The van der Waals surface area contributed by atoms with Gasteiger partial charge in [-0.25, -0.2) is 0 Å². The number of methoxy groups -OCH3 is 1. The minimum absolute atomic E-state index is 0.649. The molecule has 0 amide bonds. The topological polar surface area (TPSA) is 45.7 Å². The predicted molar refractivity (Wildman–Crippen MR) is 95.5 cm³/mol. The number of benzene rings is 2. The van der Waals surface area contributed by atoms with Crippen LogP contribution in [-0.2, 0) is 24.3 Å². The van der Waals surface area contributed by atoms with Gasteiger partial charge in [0, 0.05) is 27.2 Å². The Hall–Kier alpha value is -2.33. The van der Waals surface area contributed by atoms with E-state index in [1.54, 1.807) is 14.2 Å². The third-order valence-corrected chi connectivity index (χ3v) is 3.57. The van der Waals surface area contributed by atoms with Crippen LogP contribution in [0.4, 0.5) is 0 Å². The molecule has 2 aromatic carbocycles. The van der Waals surface area contributed by atoms with Crippen molar-refractivity contribution in [3.63, 3.8) is 0 Å². The zero-order valence-corrected chi connectivity index (χ0v) is 13.9. The number of guanidine groups is 1. The largest absolute Gasteiger partial charge is 0.380 e. The number of hydrogen-bond donors (Lipinski definition) is 2. The van der Waals surface area contributed by atoms with Crippen molar-refractivity contribution in [1.29, 1.82) is 0 Å². The van der Waals surface area contributed by atoms with Crippen molar-refractivity contribution in [3.05, 3.63) is 71.3 Å². The molecule has 0 unspecified atom stereocenters. The van der Waals surface area contributed by atoms with E-state index < -0.39 is 0 Å². The van der Waals surface area contributed by atoms with Gasteiger partial charge in [-0.1, -0.05) is 54.6 Å². The van der Waals surface area contributed by atoms with E-state index in [1.165, 1.54) is 16.7 Å². The van der Waals surface area contributed by atoms with Crippen LogP contribution >= 0.6 is 0 Å². The van der Waals surface area contributed by atoms with Gasteiger partial charge in [-0.3, -0.25) is 4.99 Å². The molecule has 2 N–H and O–H groups in total. The smallest absolute Gasteiger partial charge is 0.191 e. The van der Waals surface area contributed by atoms with Crippen LogP contribution in [0.3, 0.4) is 0 Å². The highest BCUT2D eigenvalue weighted by Crippen LogP contribution is 2.05. The molecular formula is C19H25N3O. The molecule has 0 fully saturated rings. The molecule has 0 atom stereocenters. The van der Waals surface area contributed by atoms with Crippen LogP contribution in [0.5, 0.6) is 0 Å². The molecule has 4 nitrogen and oxygen atoms in total. The highest BCUT2D eigenvalue weighted by atomic mass is 16.5. The van der Waals surface area contributed by atoms with Gasteiger partial charge in [-0.2, -0.15) is 0 Å². The molecule has 2 aromatic rings. The number of ether oxygens (including phenoxy) is 1. The van der Waals surface area contributed by atoms with E-state index in [0.29, 0.717) is 6.61 Å². The molecule has 0 bridgehead atoms. The first kappa shape index (κ1) is 17.0. The van der Waals surface area contributed by atoms with Gasteiger partial charge in [0.05, 0.1) is 6.61 Å². The van der Waals surface area contributed by atoms with Gasteiger partial charge in [0.1, 0.15) is 0 Å². The second-order valence-electron chi connectivity index (χ2n) is 5.34. The van der Waals surface area contributed by atoms with Gasteiger partial charge in [0.25, 0.3) is 0 Å². The lowest BCUT2D eigenvalue weighted by atomic mass is 10.1. The fraction of sp³-hybridized carbons (Fsp3) is 0.316. The number of rotatable bonds is 7. The summed E-state index contributed by atoms with van der Waals surface area (Å²) in [5.74, 6) is 0.821. The molecule has 0 saturated heterocycles. The number of nitrogens with zero attached hydrogens (tertiary/aromatic N) is 1. The Balaban J connectivity index is 1.74. The Morgan fingerprint density at radius 3 is 2.26 bits per heavy atom. The zero-order valence-electron chi connectivity index (χ0n) is 13.9. The number of nitrogens with one attached hydrogen (secondary N) is 2. The summed E-state index contributed by atoms with van der Waals surface area (Å²) in [4.78, 5) is 4.26. The normalized spacial score (nSPS) is 11.3. The van der Waals surface area contributed by atoms with E-state index in [0.717, 1.165) is 25.5 Å². The van der Waals surface area contributed by atoms with E-state index in [9.17, 15) is 0 Å². The molecule has 0 spiro atoms. The lowest BCUT2D eigenvalue weighted by molar-refractivity contribution is 0.185. The number of aliphatic imine (C=N–C) groups is 1. The van der Waals surface area contributed by atoms with Crippen LogP contribution in [0.1, 0.15) is 16.7 Å². The SMILES string of the molecule is CN=C(NCCc1ccccc1)NCc1ccc(COC)cc1. The van der Waals surface area contributed by atoms with Crippen LogP contribution in [0.15, 0.2) is 59.6 Å². The summed E-state index contributed by atoms with van der Waals surface area (Å²) in [7, 11) is 3.50. The highest BCUT2D eigenvalue weighted by molar-refractivity contribution is 5.79. The van der Waals surface area contributed by atoms with E-state index >= 15 is 0 Å². The van der Waals surface area contributed by atoms with Gasteiger partial charge < -0.3 is 15.4 Å². The van der Waals surface area contributed by atoms with Crippen LogP contribution < -0.4 is 10.6 Å². The predicted octanol–water partition coefficient (Wildman–Crippen LogP) is 2.74. The van der Waals surface area contributed by atoms with Crippen LogP contribution in [0.2, 0.25) is 0 Å². The van der Waals surface area contributed by atoms with Gasteiger partial charge in [0.15, 0.2) is 5.96 Å². The Bertz CT molecular complexity index is 594. The first-order valence-corrected chi connectivity index (χ1v) is 7.87. The maximum Gasteiger partial charge on any atom is 0.191 e. The molecule has 0 saturated carbocycles. The van der Waals surface area contributed by atoms with Crippen molar-refractivity contribution in [1.82, 2.24) is 10.6 Å². The maximum atomic E-state index is 5.12. The summed E-state index contributed by atoms with van der Waals surface area (Å²) in [5.41, 5.74) is 3.72. The lowest BCUT2D eigenvalue weighted by Crippen LogP contribution is -2.37. The summed E-state index contributed by atoms with van der Waals surface area (Å²) in [6, 6.07) is 18.8. The van der Waals surface area contributed by atoms with Crippen molar-refractivity contribution in [2.75, 3.05) is 20.7 Å². The van der Waals surface area contributed by atoms with Crippen molar-refractivity contribution in [2.45, 2.75) is 19.6 Å². The summed E-state index contributed by atoms with van der Waals surface area (Å²) < 4.78 is 5.12. The molecule has 122 valence electrons. The van der Waals surface area contributed by atoms with E-state index in [-0.39, 0.29) is 0 Å². The number of hydrogen-bond acceptors (Lipinski definition) is 2. The molecule has 0 radical (unpaired) electrons. The fourth-order valence-electron chi connectivity index (χ4n) is 2.30. The standard InChI is InChI=1S/C19H25N3O/c1-20-19(21-13-12-16-6-4-3-5-7-16)22-14-17-8-10-18(11-9-17)15-23-2/h3-11H,12-15H2,1-2H3,(H2,20,21,22). The van der Waals surface area contributed by atoms with Gasteiger partial charge in [-0.15, -0.1) is 0 Å². The van der Waals surface area contributed by atoms with Crippen molar-refractivity contribution >= 4 is 5.96 Å². The molecule has 0 heterocycles. The summed E-state index contributed by atoms with van der Waals surface area (Å²) in [5, 5.41) is 6.67. The van der Waals surface area contributed by atoms with E-state index in [2.05, 4.69) is 64.2 Å². The Morgan fingerprint density at radius 2 is 1.61 bits per heavy atom. The van der Waals surface area contributed by atoms with Gasteiger partial charge in [-0.05, 0) is 23.1 Å². The highest BCUT2D eigenvalue weighted by Gasteiger charge is 1.99. The fourth-order valence-corrected chi connectivity index (χ4v) is 2.30. The van der Waals surface area contributed by atoms with Crippen molar-refractivity contribution in [3.8, 4) is 0 Å². The Morgan fingerprint density at radius 1 is 0.913 bits per heavy atom. The van der Waals surface area contributed by atoms with Crippen molar-refractivity contribution in [2.24, 2.45) is 4.99 Å². The molecule has 4 heteroatoms. The average molecular weight is 311 g/mol. The van der Waals surface area contributed by atoms with E-state index in [1.807, 2.05) is 6.07 Å². The minimum atomic E-state index is 0.649. The average Bonchev–Trinajstić information content (AvgIpc) is 2.60. The zero-order chi connectivity index (χ0) is 16.3. The lowest BCUT2D eigenvalue weighted by Gasteiger charge is -2.12. The summed E-state index contributed by atoms with van der Waals surface area (Å²) >= 11 is 0. The van der Waals surface area contributed by atoms with Crippen LogP contribution in [-0.4, -0.2) is 26.7 Å². The molecule has 0 aliphatic heterocycles. The van der Waals surface area contributed by atoms with Crippen molar-refractivity contribution < 1.29 is 4.74 Å². The third-order valence-electron chi connectivity index (χ3n) is 3.57. The maximum absolute atomic E-state index is 5.12. The second kappa shape index (κ2) is 9.64. The van der Waals surface area contributed by atoms with Gasteiger partial charge in [0.2, 0.25) is 0 Å². The first-order chi connectivity index (χ1) is 11.3.